The minimum atomic E-state index is 0.370. The van der Waals surface area contributed by atoms with Gasteiger partial charge in [-0.3, -0.25) is 0 Å². The van der Waals surface area contributed by atoms with Gasteiger partial charge in [-0.05, 0) is 6.07 Å². The topological polar surface area (TPSA) is 41.9 Å². The minimum Gasteiger partial charge on any atom is -0.361 e. The van der Waals surface area contributed by atoms with Crippen molar-refractivity contribution in [1.29, 1.82) is 0 Å². The SMILES string of the molecule is CN(C)c1nccc(Sc2cnc(Cl)cn2)c1Cl. The van der Waals surface area contributed by atoms with Crippen LogP contribution in [-0.4, -0.2) is 29.0 Å². The zero-order valence-corrected chi connectivity index (χ0v) is 12.1. The monoisotopic (exact) mass is 300 g/mol. The van der Waals surface area contributed by atoms with E-state index in [9.17, 15) is 0 Å². The predicted octanol–water partition coefficient (Wildman–Crippen LogP) is 3.40. The second-order valence-corrected chi connectivity index (χ2v) is 5.45. The number of rotatable bonds is 3. The fraction of sp³-hybridized carbons (Fsp3) is 0.182. The highest BCUT2D eigenvalue weighted by Gasteiger charge is 2.11. The summed E-state index contributed by atoms with van der Waals surface area (Å²) in [7, 11) is 3.79. The molecule has 0 aliphatic rings. The van der Waals surface area contributed by atoms with Gasteiger partial charge in [0.2, 0.25) is 0 Å². The Bertz CT molecular complexity index is 545. The van der Waals surface area contributed by atoms with E-state index in [2.05, 4.69) is 15.0 Å². The Morgan fingerprint density at radius 3 is 2.50 bits per heavy atom. The highest BCUT2D eigenvalue weighted by atomic mass is 35.5. The summed E-state index contributed by atoms with van der Waals surface area (Å²) in [6, 6.07) is 1.84. The third kappa shape index (κ3) is 3.04. The van der Waals surface area contributed by atoms with Crippen molar-refractivity contribution in [3.05, 3.63) is 34.8 Å². The van der Waals surface area contributed by atoms with Crippen LogP contribution in [0.5, 0.6) is 0 Å². The second-order valence-electron chi connectivity index (χ2n) is 3.62. The second kappa shape index (κ2) is 5.73. The van der Waals surface area contributed by atoms with E-state index in [4.69, 9.17) is 23.2 Å². The molecule has 2 aromatic heterocycles. The van der Waals surface area contributed by atoms with Crippen LogP contribution >= 0.6 is 35.0 Å². The van der Waals surface area contributed by atoms with Crippen molar-refractivity contribution in [2.45, 2.75) is 9.92 Å². The van der Waals surface area contributed by atoms with Gasteiger partial charge >= 0.3 is 0 Å². The Labute approximate surface area is 119 Å². The number of pyridine rings is 1. The van der Waals surface area contributed by atoms with E-state index < -0.39 is 0 Å². The summed E-state index contributed by atoms with van der Waals surface area (Å²) in [5.74, 6) is 0.726. The van der Waals surface area contributed by atoms with Crippen molar-refractivity contribution in [1.82, 2.24) is 15.0 Å². The van der Waals surface area contributed by atoms with Crippen molar-refractivity contribution >= 4 is 40.8 Å². The van der Waals surface area contributed by atoms with Crippen LogP contribution in [0.4, 0.5) is 5.82 Å². The first-order valence-corrected chi connectivity index (χ1v) is 6.62. The number of anilines is 1. The van der Waals surface area contributed by atoms with Crippen LogP contribution in [0.15, 0.2) is 34.6 Å². The molecule has 0 saturated carbocycles. The molecule has 7 heteroatoms. The minimum absolute atomic E-state index is 0.370. The Morgan fingerprint density at radius 1 is 1.11 bits per heavy atom. The number of aromatic nitrogens is 3. The van der Waals surface area contributed by atoms with Crippen molar-refractivity contribution < 1.29 is 0 Å². The van der Waals surface area contributed by atoms with E-state index in [-0.39, 0.29) is 0 Å². The van der Waals surface area contributed by atoms with Gasteiger partial charge in [-0.2, -0.15) is 0 Å². The van der Waals surface area contributed by atoms with E-state index in [1.54, 1.807) is 12.4 Å². The Hall–Kier alpha value is -1.04. The summed E-state index contributed by atoms with van der Waals surface area (Å²) < 4.78 is 0. The molecule has 0 aliphatic heterocycles. The Morgan fingerprint density at radius 2 is 1.89 bits per heavy atom. The standard InChI is InChI=1S/C11H10Cl2N4S/c1-17(2)11-10(13)7(3-4-14-11)18-9-6-15-8(12)5-16-9/h3-6H,1-2H3. The number of halogens is 2. The van der Waals surface area contributed by atoms with Gasteiger partial charge in [0, 0.05) is 25.2 Å². The Kier molecular flexibility index (Phi) is 4.27. The van der Waals surface area contributed by atoms with Crippen molar-refractivity contribution in [3.63, 3.8) is 0 Å². The third-order valence-corrected chi connectivity index (χ3v) is 3.73. The molecule has 0 aromatic carbocycles. The first-order valence-electron chi connectivity index (χ1n) is 5.05. The normalized spacial score (nSPS) is 10.4. The van der Waals surface area contributed by atoms with E-state index in [1.807, 2.05) is 25.1 Å². The molecule has 4 nitrogen and oxygen atoms in total. The van der Waals surface area contributed by atoms with Gasteiger partial charge in [0.15, 0.2) is 0 Å². The van der Waals surface area contributed by atoms with Crippen LogP contribution in [0.3, 0.4) is 0 Å². The van der Waals surface area contributed by atoms with Crippen LogP contribution in [0, 0.1) is 0 Å². The molecule has 2 rings (SSSR count). The first-order chi connectivity index (χ1) is 8.58. The molecule has 0 saturated heterocycles. The molecule has 0 atom stereocenters. The molecule has 2 heterocycles. The van der Waals surface area contributed by atoms with Crippen LogP contribution < -0.4 is 4.90 Å². The van der Waals surface area contributed by atoms with Gasteiger partial charge < -0.3 is 4.90 Å². The molecular weight excluding hydrogens is 291 g/mol. The summed E-state index contributed by atoms with van der Waals surface area (Å²) in [4.78, 5) is 15.1. The van der Waals surface area contributed by atoms with Gasteiger partial charge in [0.25, 0.3) is 0 Å². The maximum atomic E-state index is 6.29. The van der Waals surface area contributed by atoms with Crippen molar-refractivity contribution in [2.24, 2.45) is 0 Å². The van der Waals surface area contributed by atoms with Gasteiger partial charge in [-0.25, -0.2) is 15.0 Å². The molecule has 0 unspecified atom stereocenters. The summed E-state index contributed by atoms with van der Waals surface area (Å²) in [6.07, 6.45) is 4.83. The highest BCUT2D eigenvalue weighted by Crippen LogP contribution is 2.35. The fourth-order valence-corrected chi connectivity index (χ4v) is 2.51. The average molecular weight is 301 g/mol. The van der Waals surface area contributed by atoms with Gasteiger partial charge in [0.1, 0.15) is 16.0 Å². The maximum absolute atomic E-state index is 6.29. The molecule has 0 spiro atoms. The molecule has 0 fully saturated rings. The molecule has 2 aromatic rings. The van der Waals surface area contributed by atoms with Crippen molar-refractivity contribution in [2.75, 3.05) is 19.0 Å². The number of hydrogen-bond donors (Lipinski definition) is 0. The molecular formula is C11H10Cl2N4S. The molecule has 0 amide bonds. The third-order valence-electron chi connectivity index (χ3n) is 2.07. The molecule has 18 heavy (non-hydrogen) atoms. The van der Waals surface area contributed by atoms with E-state index >= 15 is 0 Å². The summed E-state index contributed by atoms with van der Waals surface area (Å²) >= 11 is 13.4. The summed E-state index contributed by atoms with van der Waals surface area (Å²) in [6.45, 7) is 0. The lowest BCUT2D eigenvalue weighted by molar-refractivity contribution is 1.04. The maximum Gasteiger partial charge on any atom is 0.147 e. The van der Waals surface area contributed by atoms with Gasteiger partial charge in [-0.15, -0.1) is 0 Å². The lowest BCUT2D eigenvalue weighted by atomic mass is 10.4. The largest absolute Gasteiger partial charge is 0.361 e. The molecule has 0 aliphatic carbocycles. The zero-order chi connectivity index (χ0) is 13.1. The molecule has 0 bridgehead atoms. The van der Waals surface area contributed by atoms with Gasteiger partial charge in [-0.1, -0.05) is 35.0 Å². The van der Waals surface area contributed by atoms with E-state index in [0.717, 1.165) is 15.7 Å². The highest BCUT2D eigenvalue weighted by molar-refractivity contribution is 7.99. The van der Waals surface area contributed by atoms with E-state index in [0.29, 0.717) is 10.2 Å². The first kappa shape index (κ1) is 13.4. The van der Waals surface area contributed by atoms with Crippen LogP contribution in [0.25, 0.3) is 0 Å². The summed E-state index contributed by atoms with van der Waals surface area (Å²) in [5, 5.41) is 1.70. The lowest BCUT2D eigenvalue weighted by Crippen LogP contribution is -2.11. The lowest BCUT2D eigenvalue weighted by Gasteiger charge is -2.14. The molecule has 94 valence electrons. The van der Waals surface area contributed by atoms with Crippen LogP contribution in [-0.2, 0) is 0 Å². The summed E-state index contributed by atoms with van der Waals surface area (Å²) in [5.41, 5.74) is 0. The number of hydrogen-bond acceptors (Lipinski definition) is 5. The van der Waals surface area contributed by atoms with Crippen molar-refractivity contribution in [3.8, 4) is 0 Å². The van der Waals surface area contributed by atoms with Crippen LogP contribution in [0.1, 0.15) is 0 Å². The fourth-order valence-electron chi connectivity index (χ4n) is 1.27. The molecule has 0 N–H and O–H groups in total. The average Bonchev–Trinajstić information content (AvgIpc) is 2.34. The molecule has 0 radical (unpaired) electrons. The van der Waals surface area contributed by atoms with Gasteiger partial charge in [0.05, 0.1) is 17.4 Å². The Balaban J connectivity index is 2.29. The van der Waals surface area contributed by atoms with Crippen LogP contribution in [0.2, 0.25) is 10.2 Å². The quantitative estimate of drug-likeness (QED) is 0.869. The predicted molar refractivity (Wildman–Crippen MR) is 74.7 cm³/mol. The number of nitrogens with zero attached hydrogens (tertiary/aromatic N) is 4. The smallest absolute Gasteiger partial charge is 0.147 e. The zero-order valence-electron chi connectivity index (χ0n) is 9.76. The van der Waals surface area contributed by atoms with E-state index in [1.165, 1.54) is 18.0 Å².